The van der Waals surface area contributed by atoms with Crippen molar-refractivity contribution < 1.29 is 9.59 Å². The molecule has 0 radical (unpaired) electrons. The second-order valence-electron chi connectivity index (χ2n) is 13.3. The molecule has 0 unspecified atom stereocenters. The SMILES string of the molecule is NC(=O)c1ncc(N2CCC[C@@H](NC(=O)C3CC4(CCC4)C3)C2)nc1Nc1ccc(C2CCN(C3CC3)CC2)cc1. The third-order valence-electron chi connectivity index (χ3n) is 10.5. The van der Waals surface area contributed by atoms with Gasteiger partial charge in [0.1, 0.15) is 5.82 Å². The maximum absolute atomic E-state index is 12.9. The number of hydrogen-bond donors (Lipinski definition) is 3. The van der Waals surface area contributed by atoms with Gasteiger partial charge in [0, 0.05) is 36.8 Å². The topological polar surface area (TPSA) is 116 Å². The fourth-order valence-electron chi connectivity index (χ4n) is 7.69. The van der Waals surface area contributed by atoms with E-state index in [2.05, 4.69) is 49.7 Å². The van der Waals surface area contributed by atoms with Crippen LogP contribution in [0.1, 0.15) is 92.6 Å². The van der Waals surface area contributed by atoms with Gasteiger partial charge in [0.25, 0.3) is 5.91 Å². The zero-order chi connectivity index (χ0) is 28.0. The summed E-state index contributed by atoms with van der Waals surface area (Å²) in [4.78, 5) is 39.1. The zero-order valence-electron chi connectivity index (χ0n) is 24.0. The van der Waals surface area contributed by atoms with E-state index >= 15 is 0 Å². The summed E-state index contributed by atoms with van der Waals surface area (Å²) >= 11 is 0. The molecule has 41 heavy (non-hydrogen) atoms. The third-order valence-corrected chi connectivity index (χ3v) is 10.5. The molecular formula is C32H43N7O2. The second-order valence-corrected chi connectivity index (χ2v) is 13.3. The Labute approximate surface area is 242 Å². The minimum Gasteiger partial charge on any atom is -0.364 e. The van der Waals surface area contributed by atoms with Crippen molar-refractivity contribution in [3.8, 4) is 0 Å². The number of amides is 2. The molecule has 9 heteroatoms. The average Bonchev–Trinajstić information content (AvgIpc) is 3.78. The van der Waals surface area contributed by atoms with Gasteiger partial charge >= 0.3 is 0 Å². The van der Waals surface area contributed by atoms with Crippen LogP contribution in [-0.4, -0.2) is 64.9 Å². The summed E-state index contributed by atoms with van der Waals surface area (Å²) in [6.07, 6.45) is 14.8. The van der Waals surface area contributed by atoms with E-state index in [-0.39, 0.29) is 23.6 Å². The molecular weight excluding hydrogens is 514 g/mol. The molecule has 1 atom stereocenters. The molecule has 3 aliphatic carbocycles. The highest BCUT2D eigenvalue weighted by molar-refractivity contribution is 5.96. The molecule has 2 aliphatic heterocycles. The molecule has 218 valence electrons. The van der Waals surface area contributed by atoms with Gasteiger partial charge in [-0.3, -0.25) is 9.59 Å². The summed E-state index contributed by atoms with van der Waals surface area (Å²) in [5.41, 5.74) is 8.51. The predicted molar refractivity (Wildman–Crippen MR) is 159 cm³/mol. The smallest absolute Gasteiger partial charge is 0.271 e. The number of nitrogens with one attached hydrogen (secondary N) is 2. The fraction of sp³-hybridized carbons (Fsp3) is 0.625. The molecule has 9 nitrogen and oxygen atoms in total. The van der Waals surface area contributed by atoms with Gasteiger partial charge in [-0.15, -0.1) is 0 Å². The van der Waals surface area contributed by atoms with Crippen LogP contribution in [0.4, 0.5) is 17.3 Å². The molecule has 2 saturated heterocycles. The number of nitrogens with two attached hydrogens (primary N) is 1. The number of carbonyl (C=O) groups excluding carboxylic acids is 2. The highest BCUT2D eigenvalue weighted by Crippen LogP contribution is 2.58. The number of primary amides is 1. The van der Waals surface area contributed by atoms with Crippen molar-refractivity contribution in [1.82, 2.24) is 20.2 Å². The number of rotatable bonds is 8. The first-order valence-electron chi connectivity index (χ1n) is 15.8. The number of aromatic nitrogens is 2. The molecule has 4 N–H and O–H groups in total. The number of likely N-dealkylation sites (tertiary alicyclic amines) is 1. The minimum atomic E-state index is -0.612. The number of carbonyl (C=O) groups is 2. The molecule has 3 saturated carbocycles. The van der Waals surface area contributed by atoms with E-state index in [0.29, 0.717) is 29.5 Å². The van der Waals surface area contributed by atoms with Gasteiger partial charge < -0.3 is 26.2 Å². The Kier molecular flexibility index (Phi) is 7.09. The largest absolute Gasteiger partial charge is 0.364 e. The van der Waals surface area contributed by atoms with Crippen LogP contribution in [0.3, 0.4) is 0 Å². The summed E-state index contributed by atoms with van der Waals surface area (Å²) < 4.78 is 0. The summed E-state index contributed by atoms with van der Waals surface area (Å²) in [6, 6.07) is 9.43. The molecule has 5 aliphatic rings. The van der Waals surface area contributed by atoms with Gasteiger partial charge in [0.15, 0.2) is 11.5 Å². The standard InChI is InChI=1S/C32H43N7O2/c33-29(40)28-30(35-24-6-4-21(5-7-24)22-10-15-38(16-11-22)26-8-9-26)37-27(19-34-28)39-14-1-3-25(20-39)36-31(41)23-17-32(18-23)12-2-13-32/h4-7,19,22-23,25-26H,1-3,8-18,20H2,(H2,33,40)(H,35,37)(H,36,41)/t25-/m1/s1. The van der Waals surface area contributed by atoms with Crippen molar-refractivity contribution in [2.75, 3.05) is 36.4 Å². The first-order valence-corrected chi connectivity index (χ1v) is 15.8. The number of piperidine rings is 2. The van der Waals surface area contributed by atoms with E-state index in [1.54, 1.807) is 6.20 Å². The summed E-state index contributed by atoms with van der Waals surface area (Å²) in [6.45, 7) is 3.91. The molecule has 5 fully saturated rings. The lowest BCUT2D eigenvalue weighted by Gasteiger charge is -2.53. The first-order chi connectivity index (χ1) is 19.9. The number of anilines is 3. The Morgan fingerprint density at radius 1 is 0.951 bits per heavy atom. The van der Waals surface area contributed by atoms with Crippen LogP contribution in [0.2, 0.25) is 0 Å². The van der Waals surface area contributed by atoms with Crippen molar-refractivity contribution in [1.29, 1.82) is 0 Å². The van der Waals surface area contributed by atoms with Crippen LogP contribution < -0.4 is 21.3 Å². The molecule has 1 spiro atoms. The number of nitrogens with zero attached hydrogens (tertiary/aromatic N) is 4. The summed E-state index contributed by atoms with van der Waals surface area (Å²) in [5, 5.41) is 6.62. The predicted octanol–water partition coefficient (Wildman–Crippen LogP) is 4.33. The van der Waals surface area contributed by atoms with Crippen LogP contribution in [0.15, 0.2) is 30.5 Å². The van der Waals surface area contributed by atoms with Crippen LogP contribution in [0.5, 0.6) is 0 Å². The fourth-order valence-corrected chi connectivity index (χ4v) is 7.69. The Morgan fingerprint density at radius 3 is 2.37 bits per heavy atom. The van der Waals surface area contributed by atoms with Gasteiger partial charge in [-0.25, -0.2) is 9.97 Å². The Morgan fingerprint density at radius 2 is 1.71 bits per heavy atom. The Bertz CT molecular complexity index is 1270. The highest BCUT2D eigenvalue weighted by atomic mass is 16.2. The van der Waals surface area contributed by atoms with Crippen LogP contribution in [0.25, 0.3) is 0 Å². The van der Waals surface area contributed by atoms with E-state index in [4.69, 9.17) is 10.7 Å². The summed E-state index contributed by atoms with van der Waals surface area (Å²) in [5.74, 6) is 1.43. The first kappa shape index (κ1) is 26.7. The van der Waals surface area contributed by atoms with Gasteiger partial charge in [-0.1, -0.05) is 18.6 Å². The lowest BCUT2D eigenvalue weighted by molar-refractivity contribution is -0.137. The maximum Gasteiger partial charge on any atom is 0.271 e. The molecule has 1 aromatic carbocycles. The van der Waals surface area contributed by atoms with Gasteiger partial charge in [-0.2, -0.15) is 0 Å². The zero-order valence-corrected chi connectivity index (χ0v) is 24.0. The van der Waals surface area contributed by atoms with E-state index in [1.807, 2.05) is 0 Å². The van der Waals surface area contributed by atoms with E-state index in [9.17, 15) is 9.59 Å². The Hall–Kier alpha value is -3.20. The van der Waals surface area contributed by atoms with Crippen LogP contribution in [0, 0.1) is 11.3 Å². The molecule has 2 aromatic rings. The molecule has 7 rings (SSSR count). The molecule has 3 heterocycles. The quantitative estimate of drug-likeness (QED) is 0.442. The Balaban J connectivity index is 0.988. The number of benzene rings is 1. The minimum absolute atomic E-state index is 0.0897. The van der Waals surface area contributed by atoms with E-state index < -0.39 is 5.91 Å². The van der Waals surface area contributed by atoms with Gasteiger partial charge in [0.2, 0.25) is 5.91 Å². The summed E-state index contributed by atoms with van der Waals surface area (Å²) in [7, 11) is 0. The molecule has 0 bridgehead atoms. The molecule has 2 amide bonds. The second kappa shape index (κ2) is 10.9. The maximum atomic E-state index is 12.9. The van der Waals surface area contributed by atoms with E-state index in [0.717, 1.165) is 44.0 Å². The van der Waals surface area contributed by atoms with Gasteiger partial charge in [0.05, 0.1) is 6.20 Å². The van der Waals surface area contributed by atoms with Crippen molar-refractivity contribution in [2.24, 2.45) is 17.1 Å². The van der Waals surface area contributed by atoms with Gasteiger partial charge in [-0.05, 0) is 106 Å². The lowest BCUT2D eigenvalue weighted by atomic mass is 9.51. The van der Waals surface area contributed by atoms with E-state index in [1.165, 1.54) is 63.6 Å². The van der Waals surface area contributed by atoms with Crippen molar-refractivity contribution in [3.05, 3.63) is 41.7 Å². The van der Waals surface area contributed by atoms with Crippen molar-refractivity contribution in [3.63, 3.8) is 0 Å². The monoisotopic (exact) mass is 557 g/mol. The van der Waals surface area contributed by atoms with Crippen molar-refractivity contribution in [2.45, 2.75) is 88.6 Å². The van der Waals surface area contributed by atoms with Crippen molar-refractivity contribution >= 4 is 29.1 Å². The molecule has 1 aromatic heterocycles. The number of hydrogen-bond acceptors (Lipinski definition) is 7. The average molecular weight is 558 g/mol. The third kappa shape index (κ3) is 5.65. The lowest BCUT2D eigenvalue weighted by Crippen LogP contribution is -2.54. The highest BCUT2D eigenvalue weighted by Gasteiger charge is 2.50. The van der Waals surface area contributed by atoms with Crippen LogP contribution >= 0.6 is 0 Å². The normalized spacial score (nSPS) is 24.9. The van der Waals surface area contributed by atoms with Crippen LogP contribution in [-0.2, 0) is 4.79 Å².